The van der Waals surface area contributed by atoms with Gasteiger partial charge in [0.05, 0.1) is 6.10 Å². The van der Waals surface area contributed by atoms with Crippen LogP contribution in [0.1, 0.15) is 44.3 Å². The van der Waals surface area contributed by atoms with Crippen LogP contribution < -0.4 is 5.73 Å². The van der Waals surface area contributed by atoms with Crippen LogP contribution in [0, 0.1) is 17.2 Å². The average Bonchev–Trinajstić information content (AvgIpc) is 2.83. The van der Waals surface area contributed by atoms with Crippen LogP contribution in [0.2, 0.25) is 0 Å². The molecule has 0 aliphatic heterocycles. The van der Waals surface area contributed by atoms with Crippen molar-refractivity contribution in [2.45, 2.75) is 38.7 Å². The van der Waals surface area contributed by atoms with Crippen LogP contribution >= 0.6 is 15.9 Å². The summed E-state index contributed by atoms with van der Waals surface area (Å²) in [4.78, 5) is 0. The highest BCUT2D eigenvalue weighted by atomic mass is 79.9. The maximum absolute atomic E-state index is 13.1. The molecule has 1 saturated carbocycles. The summed E-state index contributed by atoms with van der Waals surface area (Å²) in [6, 6.07) is 4.44. The van der Waals surface area contributed by atoms with Gasteiger partial charge in [0.1, 0.15) is 5.82 Å². The molecule has 106 valence electrons. The summed E-state index contributed by atoms with van der Waals surface area (Å²) in [7, 11) is 0. The van der Waals surface area contributed by atoms with Gasteiger partial charge in [0, 0.05) is 16.4 Å². The topological polar surface area (TPSA) is 46.2 Å². The number of aliphatic hydroxyl groups is 1. The van der Waals surface area contributed by atoms with Crippen LogP contribution in [-0.2, 0) is 0 Å². The summed E-state index contributed by atoms with van der Waals surface area (Å²) in [6.07, 6.45) is 3.49. The molecule has 3 unspecified atom stereocenters. The van der Waals surface area contributed by atoms with E-state index in [1.165, 1.54) is 12.1 Å². The fraction of sp³-hybridized carbons (Fsp3) is 0.600. The number of nitrogens with two attached hydrogens (primary N) is 1. The molecule has 0 heterocycles. The van der Waals surface area contributed by atoms with Crippen molar-refractivity contribution in [3.8, 4) is 0 Å². The van der Waals surface area contributed by atoms with E-state index < -0.39 is 6.10 Å². The SMILES string of the molecule is CCC1CCC(CN)(C(O)c2ccc(F)cc2Br)C1. The van der Waals surface area contributed by atoms with Gasteiger partial charge in [-0.05, 0) is 42.9 Å². The number of benzene rings is 1. The van der Waals surface area contributed by atoms with Gasteiger partial charge in [-0.2, -0.15) is 0 Å². The van der Waals surface area contributed by atoms with Crippen molar-refractivity contribution < 1.29 is 9.50 Å². The van der Waals surface area contributed by atoms with Crippen LogP contribution in [0.15, 0.2) is 22.7 Å². The van der Waals surface area contributed by atoms with Gasteiger partial charge in [0.25, 0.3) is 0 Å². The van der Waals surface area contributed by atoms with E-state index >= 15 is 0 Å². The molecule has 0 spiro atoms. The molecule has 19 heavy (non-hydrogen) atoms. The van der Waals surface area contributed by atoms with Crippen molar-refractivity contribution in [1.29, 1.82) is 0 Å². The minimum Gasteiger partial charge on any atom is -0.388 e. The zero-order valence-corrected chi connectivity index (χ0v) is 12.8. The Morgan fingerprint density at radius 2 is 2.32 bits per heavy atom. The zero-order chi connectivity index (χ0) is 14.0. The van der Waals surface area contributed by atoms with Crippen molar-refractivity contribution in [2.24, 2.45) is 17.1 Å². The van der Waals surface area contributed by atoms with Gasteiger partial charge in [-0.25, -0.2) is 4.39 Å². The number of hydrogen-bond donors (Lipinski definition) is 2. The number of rotatable bonds is 4. The van der Waals surface area contributed by atoms with E-state index in [1.54, 1.807) is 6.07 Å². The molecule has 1 aromatic rings. The second-order valence-corrected chi connectivity index (χ2v) is 6.51. The van der Waals surface area contributed by atoms with Crippen LogP contribution in [0.5, 0.6) is 0 Å². The molecular formula is C15H21BrFNO. The standard InChI is InChI=1S/C15H21BrFNO/c1-2-10-5-6-15(8-10,9-18)14(19)12-4-3-11(17)7-13(12)16/h3-4,7,10,14,19H,2,5-6,8-9,18H2,1H3. The molecule has 3 atom stereocenters. The molecule has 4 heteroatoms. The third-order valence-corrected chi connectivity index (χ3v) is 5.25. The monoisotopic (exact) mass is 329 g/mol. The maximum Gasteiger partial charge on any atom is 0.124 e. The number of aliphatic hydroxyl groups excluding tert-OH is 1. The van der Waals surface area contributed by atoms with E-state index in [0.717, 1.165) is 31.2 Å². The fourth-order valence-electron chi connectivity index (χ4n) is 3.22. The Bertz CT molecular complexity index is 454. The van der Waals surface area contributed by atoms with Crippen LogP contribution in [0.3, 0.4) is 0 Å². The lowest BCUT2D eigenvalue weighted by atomic mass is 9.76. The smallest absolute Gasteiger partial charge is 0.124 e. The van der Waals surface area contributed by atoms with E-state index in [2.05, 4.69) is 22.9 Å². The lowest BCUT2D eigenvalue weighted by Crippen LogP contribution is -2.34. The quantitative estimate of drug-likeness (QED) is 0.883. The molecule has 2 nitrogen and oxygen atoms in total. The maximum atomic E-state index is 13.1. The molecule has 1 aliphatic carbocycles. The Morgan fingerprint density at radius 3 is 2.84 bits per heavy atom. The van der Waals surface area contributed by atoms with Crippen LogP contribution in [0.4, 0.5) is 4.39 Å². The van der Waals surface area contributed by atoms with Crippen molar-refractivity contribution in [3.05, 3.63) is 34.1 Å². The summed E-state index contributed by atoms with van der Waals surface area (Å²) in [5, 5.41) is 10.7. The minimum atomic E-state index is -0.635. The van der Waals surface area contributed by atoms with E-state index in [0.29, 0.717) is 16.9 Å². The zero-order valence-electron chi connectivity index (χ0n) is 11.2. The summed E-state index contributed by atoms with van der Waals surface area (Å²) in [5.41, 5.74) is 6.43. The third kappa shape index (κ3) is 2.86. The van der Waals surface area contributed by atoms with E-state index in [-0.39, 0.29) is 11.2 Å². The summed E-state index contributed by atoms with van der Waals surface area (Å²) in [6.45, 7) is 2.64. The third-order valence-electron chi connectivity index (χ3n) is 4.57. The van der Waals surface area contributed by atoms with Gasteiger partial charge in [-0.15, -0.1) is 0 Å². The minimum absolute atomic E-state index is 0.263. The molecule has 1 aliphatic rings. The molecule has 0 saturated heterocycles. The molecule has 1 fully saturated rings. The van der Waals surface area contributed by atoms with Crippen molar-refractivity contribution in [2.75, 3.05) is 6.54 Å². The van der Waals surface area contributed by atoms with E-state index in [1.807, 2.05) is 0 Å². The molecule has 3 N–H and O–H groups in total. The van der Waals surface area contributed by atoms with E-state index in [4.69, 9.17) is 5.73 Å². The van der Waals surface area contributed by atoms with Crippen LogP contribution in [0.25, 0.3) is 0 Å². The predicted octanol–water partition coefficient (Wildman–Crippen LogP) is 3.78. The van der Waals surface area contributed by atoms with Crippen LogP contribution in [-0.4, -0.2) is 11.7 Å². The van der Waals surface area contributed by atoms with Gasteiger partial charge in [0.15, 0.2) is 0 Å². The van der Waals surface area contributed by atoms with Gasteiger partial charge in [-0.3, -0.25) is 0 Å². The first-order chi connectivity index (χ1) is 9.02. The van der Waals surface area contributed by atoms with Crippen molar-refractivity contribution in [1.82, 2.24) is 0 Å². The lowest BCUT2D eigenvalue weighted by Gasteiger charge is -2.34. The van der Waals surface area contributed by atoms with Crippen molar-refractivity contribution >= 4 is 15.9 Å². The average molecular weight is 330 g/mol. The number of hydrogen-bond acceptors (Lipinski definition) is 2. The van der Waals surface area contributed by atoms with Gasteiger partial charge < -0.3 is 10.8 Å². The molecule has 0 radical (unpaired) electrons. The molecule has 0 aromatic heterocycles. The van der Waals surface area contributed by atoms with Gasteiger partial charge in [0.2, 0.25) is 0 Å². The summed E-state index contributed by atoms with van der Waals surface area (Å²) < 4.78 is 13.8. The van der Waals surface area contributed by atoms with E-state index in [9.17, 15) is 9.50 Å². The Labute approximate surface area is 122 Å². The molecule has 0 amide bonds. The fourth-order valence-corrected chi connectivity index (χ4v) is 3.79. The molecule has 0 bridgehead atoms. The summed E-state index contributed by atoms with van der Waals surface area (Å²) >= 11 is 3.34. The Hall–Kier alpha value is -0.450. The first kappa shape index (κ1) is 14.9. The molecule has 2 rings (SSSR count). The molecular weight excluding hydrogens is 309 g/mol. The number of halogens is 2. The van der Waals surface area contributed by atoms with Crippen molar-refractivity contribution in [3.63, 3.8) is 0 Å². The highest BCUT2D eigenvalue weighted by Gasteiger charge is 2.44. The largest absolute Gasteiger partial charge is 0.388 e. The first-order valence-electron chi connectivity index (χ1n) is 6.85. The normalized spacial score (nSPS) is 28.6. The predicted molar refractivity (Wildman–Crippen MR) is 78.2 cm³/mol. The summed E-state index contributed by atoms with van der Waals surface area (Å²) in [5.74, 6) is 0.333. The highest BCUT2D eigenvalue weighted by molar-refractivity contribution is 9.10. The van der Waals surface area contributed by atoms with Gasteiger partial charge in [-0.1, -0.05) is 35.3 Å². The van der Waals surface area contributed by atoms with Gasteiger partial charge >= 0.3 is 0 Å². The first-order valence-corrected chi connectivity index (χ1v) is 7.65. The second-order valence-electron chi connectivity index (χ2n) is 5.65. The lowest BCUT2D eigenvalue weighted by molar-refractivity contribution is 0.0295. The Balaban J connectivity index is 2.28. The second kappa shape index (κ2) is 5.90. The molecule has 1 aromatic carbocycles. The Kier molecular flexibility index (Phi) is 4.64. The Morgan fingerprint density at radius 1 is 1.58 bits per heavy atom. The highest BCUT2D eigenvalue weighted by Crippen LogP contribution is 2.51.